The minimum atomic E-state index is -3.70. The quantitative estimate of drug-likeness (QED) is 0.595. The number of carbonyl (C=O) groups excluding carboxylic acids is 1. The third kappa shape index (κ3) is 5.72. The number of hydrogen-bond acceptors (Lipinski definition) is 6. The van der Waals surface area contributed by atoms with Gasteiger partial charge in [-0.05, 0) is 62.2 Å². The first kappa shape index (κ1) is 23.4. The molecule has 1 heterocycles. The highest BCUT2D eigenvalue weighted by Crippen LogP contribution is 2.32. The van der Waals surface area contributed by atoms with Gasteiger partial charge in [-0.3, -0.25) is 4.79 Å². The van der Waals surface area contributed by atoms with Crippen LogP contribution in [0.25, 0.3) is 0 Å². The van der Waals surface area contributed by atoms with E-state index in [1.807, 2.05) is 24.3 Å². The van der Waals surface area contributed by atoms with Gasteiger partial charge in [-0.15, -0.1) is 11.8 Å². The number of benzene rings is 2. The second-order valence-corrected chi connectivity index (χ2v) is 10.6. The van der Waals surface area contributed by atoms with Gasteiger partial charge in [0.15, 0.2) is 0 Å². The lowest BCUT2D eigenvalue weighted by atomic mass is 10.2. The fourth-order valence-corrected chi connectivity index (χ4v) is 5.92. The van der Waals surface area contributed by atoms with Crippen LogP contribution < -0.4 is 14.8 Å². The van der Waals surface area contributed by atoms with E-state index < -0.39 is 10.0 Å². The van der Waals surface area contributed by atoms with Crippen LogP contribution in [0, 0.1) is 0 Å². The molecular formula is C22H28N2O5S2. The molecule has 168 valence electrons. The fraction of sp³-hybridized carbons (Fsp3) is 0.409. The normalized spacial score (nSPS) is 15.8. The van der Waals surface area contributed by atoms with Crippen LogP contribution in [0.2, 0.25) is 0 Å². The molecule has 2 aromatic carbocycles. The summed E-state index contributed by atoms with van der Waals surface area (Å²) in [5.74, 6) is 0.804. The van der Waals surface area contributed by atoms with Gasteiger partial charge in [-0.2, -0.15) is 4.31 Å². The van der Waals surface area contributed by atoms with Crippen LogP contribution in [-0.2, 0) is 14.8 Å². The molecule has 0 radical (unpaired) electrons. The van der Waals surface area contributed by atoms with Crippen molar-refractivity contribution in [3.8, 4) is 11.5 Å². The highest BCUT2D eigenvalue weighted by atomic mass is 32.2. The van der Waals surface area contributed by atoms with Crippen molar-refractivity contribution >= 4 is 33.4 Å². The molecule has 3 rings (SSSR count). The second-order valence-electron chi connectivity index (χ2n) is 7.26. The Morgan fingerprint density at radius 2 is 1.71 bits per heavy atom. The molecule has 1 aliphatic rings. The number of nitrogens with zero attached hydrogens (tertiary/aromatic N) is 1. The zero-order valence-corrected chi connectivity index (χ0v) is 19.6. The molecule has 0 unspecified atom stereocenters. The Labute approximate surface area is 188 Å². The minimum absolute atomic E-state index is 0.0742. The number of nitrogens with one attached hydrogen (secondary N) is 1. The van der Waals surface area contributed by atoms with Crippen molar-refractivity contribution in [3.05, 3.63) is 42.5 Å². The summed E-state index contributed by atoms with van der Waals surface area (Å²) >= 11 is 1.41. The van der Waals surface area contributed by atoms with Crippen molar-refractivity contribution < 1.29 is 22.7 Å². The molecule has 7 nitrogen and oxygen atoms in total. The van der Waals surface area contributed by atoms with E-state index in [0.29, 0.717) is 18.8 Å². The van der Waals surface area contributed by atoms with E-state index in [4.69, 9.17) is 9.47 Å². The van der Waals surface area contributed by atoms with E-state index in [9.17, 15) is 13.2 Å². The van der Waals surface area contributed by atoms with E-state index in [1.165, 1.54) is 29.2 Å². The summed E-state index contributed by atoms with van der Waals surface area (Å²) in [6.07, 6.45) is 2.72. The number of hydrogen-bond donors (Lipinski definition) is 1. The number of rotatable bonds is 8. The molecule has 1 saturated heterocycles. The number of ether oxygens (including phenoxy) is 2. The summed E-state index contributed by atoms with van der Waals surface area (Å²) in [6, 6.07) is 12.2. The first-order valence-corrected chi connectivity index (χ1v) is 12.5. The van der Waals surface area contributed by atoms with Crippen LogP contribution >= 0.6 is 11.8 Å². The smallest absolute Gasteiger partial charge is 0.246 e. The molecule has 1 amide bonds. The standard InChI is InChI=1S/C22H28N2O5S2/c1-16(30-19-10-8-18(28-2)9-11-19)22(25)23-17-7-12-20(29-3)21(15-17)31(26,27)24-13-5-4-6-14-24/h7-12,15-16H,4-6,13-14H2,1-3H3,(H,23,25)/t16-/m1/s1. The SMILES string of the molecule is COc1ccc(S[C@H](C)C(=O)Nc2ccc(OC)c(S(=O)(=O)N3CCCCC3)c2)cc1. The number of carbonyl (C=O) groups is 1. The minimum Gasteiger partial charge on any atom is -0.497 e. The van der Waals surface area contributed by atoms with Gasteiger partial charge < -0.3 is 14.8 Å². The number of sulfonamides is 1. The number of amides is 1. The average Bonchev–Trinajstić information content (AvgIpc) is 2.80. The lowest BCUT2D eigenvalue weighted by Crippen LogP contribution is -2.35. The second kappa shape index (κ2) is 10.4. The van der Waals surface area contributed by atoms with Crippen LogP contribution in [0.4, 0.5) is 5.69 Å². The Morgan fingerprint density at radius 3 is 2.32 bits per heavy atom. The lowest BCUT2D eigenvalue weighted by molar-refractivity contribution is -0.115. The maximum Gasteiger partial charge on any atom is 0.246 e. The molecule has 0 aliphatic carbocycles. The summed E-state index contributed by atoms with van der Waals surface area (Å²) in [5, 5.41) is 2.45. The van der Waals surface area contributed by atoms with Crippen LogP contribution in [0.1, 0.15) is 26.2 Å². The predicted octanol–water partition coefficient (Wildman–Crippen LogP) is 4.00. The van der Waals surface area contributed by atoms with Crippen LogP contribution in [0.5, 0.6) is 11.5 Å². The molecule has 1 N–H and O–H groups in total. The zero-order chi connectivity index (χ0) is 22.4. The van der Waals surface area contributed by atoms with E-state index in [2.05, 4.69) is 5.32 Å². The number of anilines is 1. The lowest BCUT2D eigenvalue weighted by Gasteiger charge is -2.26. The zero-order valence-electron chi connectivity index (χ0n) is 18.0. The summed E-state index contributed by atoms with van der Waals surface area (Å²) < 4.78 is 38.2. The molecule has 1 atom stereocenters. The molecule has 1 aliphatic heterocycles. The van der Waals surface area contributed by atoms with Crippen molar-refractivity contribution in [3.63, 3.8) is 0 Å². The van der Waals surface area contributed by atoms with Gasteiger partial charge in [0.25, 0.3) is 0 Å². The summed E-state index contributed by atoms with van der Waals surface area (Å²) in [4.78, 5) is 13.7. The van der Waals surface area contributed by atoms with Gasteiger partial charge in [0.05, 0.1) is 19.5 Å². The molecule has 9 heteroatoms. The highest BCUT2D eigenvalue weighted by Gasteiger charge is 2.29. The highest BCUT2D eigenvalue weighted by molar-refractivity contribution is 8.00. The predicted molar refractivity (Wildman–Crippen MR) is 123 cm³/mol. The summed E-state index contributed by atoms with van der Waals surface area (Å²) in [5.41, 5.74) is 0.420. The third-order valence-corrected chi connectivity index (χ3v) is 8.14. The summed E-state index contributed by atoms with van der Waals surface area (Å²) in [6.45, 7) is 2.80. The van der Waals surface area contributed by atoms with Crippen LogP contribution in [0.15, 0.2) is 52.3 Å². The van der Waals surface area contributed by atoms with Crippen LogP contribution in [0.3, 0.4) is 0 Å². The largest absolute Gasteiger partial charge is 0.497 e. The van der Waals surface area contributed by atoms with E-state index in [0.717, 1.165) is 29.9 Å². The van der Waals surface area contributed by atoms with Gasteiger partial charge in [0.1, 0.15) is 16.4 Å². The Morgan fingerprint density at radius 1 is 1.03 bits per heavy atom. The maximum atomic E-state index is 13.2. The number of piperidine rings is 1. The molecule has 0 bridgehead atoms. The van der Waals surface area contributed by atoms with Gasteiger partial charge in [-0.25, -0.2) is 8.42 Å². The summed E-state index contributed by atoms with van der Waals surface area (Å²) in [7, 11) is -0.654. The van der Waals surface area contributed by atoms with Gasteiger partial charge in [-0.1, -0.05) is 6.42 Å². The molecule has 31 heavy (non-hydrogen) atoms. The Kier molecular flexibility index (Phi) is 7.85. The first-order valence-electron chi connectivity index (χ1n) is 10.1. The monoisotopic (exact) mass is 464 g/mol. The number of thioether (sulfide) groups is 1. The molecule has 2 aromatic rings. The van der Waals surface area contributed by atoms with Crippen molar-refractivity contribution in [1.29, 1.82) is 0 Å². The molecule has 0 aromatic heterocycles. The molecule has 0 saturated carbocycles. The van der Waals surface area contributed by atoms with Gasteiger partial charge in [0, 0.05) is 23.7 Å². The van der Waals surface area contributed by atoms with Gasteiger partial charge in [0.2, 0.25) is 15.9 Å². The molecule has 0 spiro atoms. The Balaban J connectivity index is 1.74. The van der Waals surface area contributed by atoms with Crippen LogP contribution in [-0.4, -0.2) is 51.2 Å². The number of methoxy groups -OCH3 is 2. The van der Waals surface area contributed by atoms with Crippen molar-refractivity contribution in [2.75, 3.05) is 32.6 Å². The first-order chi connectivity index (χ1) is 14.8. The van der Waals surface area contributed by atoms with E-state index in [-0.39, 0.29) is 21.8 Å². The Bertz CT molecular complexity index is 1000. The average molecular weight is 465 g/mol. The Hall–Kier alpha value is -2.23. The van der Waals surface area contributed by atoms with E-state index in [1.54, 1.807) is 26.2 Å². The maximum absolute atomic E-state index is 13.2. The van der Waals surface area contributed by atoms with Crippen molar-refractivity contribution in [1.82, 2.24) is 4.31 Å². The van der Waals surface area contributed by atoms with Gasteiger partial charge >= 0.3 is 0 Å². The molecule has 1 fully saturated rings. The van der Waals surface area contributed by atoms with Crippen molar-refractivity contribution in [2.45, 2.75) is 41.2 Å². The van der Waals surface area contributed by atoms with E-state index >= 15 is 0 Å². The van der Waals surface area contributed by atoms with Crippen molar-refractivity contribution in [2.24, 2.45) is 0 Å². The fourth-order valence-electron chi connectivity index (χ4n) is 3.36. The molecular weight excluding hydrogens is 436 g/mol. The third-order valence-electron chi connectivity index (χ3n) is 5.11. The topological polar surface area (TPSA) is 84.9 Å².